The number of hydrogen-bond donors (Lipinski definition) is 1. The Morgan fingerprint density at radius 2 is 1.26 bits per heavy atom. The van der Waals surface area contributed by atoms with E-state index < -0.39 is 11.7 Å². The molecule has 0 aliphatic rings. The van der Waals surface area contributed by atoms with Crippen molar-refractivity contribution in [2.24, 2.45) is 0 Å². The third-order valence-corrected chi connectivity index (χ3v) is 2.41. The minimum absolute atomic E-state index is 0.403. The molecule has 138 valence electrons. The van der Waals surface area contributed by atoms with Gasteiger partial charge in [0.25, 0.3) is 0 Å². The summed E-state index contributed by atoms with van der Waals surface area (Å²) in [5, 5.41) is 2.61. The first-order valence-corrected chi connectivity index (χ1v) is 8.33. The highest BCUT2D eigenvalue weighted by atomic mass is 35.5. The van der Waals surface area contributed by atoms with Crippen LogP contribution >= 0.6 is 11.6 Å². The summed E-state index contributed by atoms with van der Waals surface area (Å²) >= 11 is 5.46. The second kappa shape index (κ2) is 15.0. The molecule has 0 saturated carbocycles. The first kappa shape index (κ1) is 22.4. The Hall–Kier alpha value is -0.600. The van der Waals surface area contributed by atoms with Crippen LogP contribution in [0.25, 0.3) is 0 Å². The Balaban J connectivity index is 3.15. The fourth-order valence-corrected chi connectivity index (χ4v) is 1.46. The molecule has 0 spiro atoms. The number of halogens is 1. The third kappa shape index (κ3) is 19.4. The van der Waals surface area contributed by atoms with E-state index in [2.05, 4.69) is 5.32 Å². The van der Waals surface area contributed by atoms with Crippen LogP contribution in [0, 0.1) is 0 Å². The van der Waals surface area contributed by atoms with Crippen LogP contribution in [0.1, 0.15) is 20.8 Å². The number of carbonyl (C=O) groups is 1. The lowest BCUT2D eigenvalue weighted by Gasteiger charge is -2.19. The molecular formula is C15H30ClNO6. The van der Waals surface area contributed by atoms with Gasteiger partial charge in [0.2, 0.25) is 0 Å². The highest BCUT2D eigenvalue weighted by molar-refractivity contribution is 6.17. The highest BCUT2D eigenvalue weighted by Gasteiger charge is 2.15. The van der Waals surface area contributed by atoms with Crippen LogP contribution < -0.4 is 5.32 Å². The molecule has 0 rings (SSSR count). The summed E-state index contributed by atoms with van der Waals surface area (Å²) in [6.45, 7) is 9.87. The zero-order valence-corrected chi connectivity index (χ0v) is 15.2. The number of alkyl halides is 1. The molecule has 0 aromatic heterocycles. The fourth-order valence-electron chi connectivity index (χ4n) is 1.36. The maximum absolute atomic E-state index is 11.3. The standard InChI is InChI=1S/C15H30ClNO6/c1-15(2,3)23-14(18)17-5-7-20-9-11-22-13-12-21-10-8-19-6-4-16/h4-13H2,1-3H3,(H,17,18). The lowest BCUT2D eigenvalue weighted by Crippen LogP contribution is -2.34. The molecule has 0 aliphatic heterocycles. The summed E-state index contributed by atoms with van der Waals surface area (Å²) in [4.78, 5) is 11.3. The number of ether oxygens (including phenoxy) is 5. The van der Waals surface area contributed by atoms with E-state index in [1.165, 1.54) is 0 Å². The van der Waals surface area contributed by atoms with Crippen molar-refractivity contribution in [1.82, 2.24) is 5.32 Å². The van der Waals surface area contributed by atoms with Crippen molar-refractivity contribution < 1.29 is 28.5 Å². The summed E-state index contributed by atoms with van der Waals surface area (Å²) in [5.41, 5.74) is -0.489. The van der Waals surface area contributed by atoms with E-state index in [0.29, 0.717) is 65.3 Å². The summed E-state index contributed by atoms with van der Waals surface area (Å²) in [5.74, 6) is 0.496. The minimum Gasteiger partial charge on any atom is -0.444 e. The molecule has 0 radical (unpaired) electrons. The Labute approximate surface area is 143 Å². The number of alkyl carbamates (subject to hydrolysis) is 1. The van der Waals surface area contributed by atoms with Crippen molar-refractivity contribution in [2.45, 2.75) is 26.4 Å². The van der Waals surface area contributed by atoms with E-state index in [1.54, 1.807) is 0 Å². The average Bonchev–Trinajstić information content (AvgIpc) is 2.46. The number of nitrogens with one attached hydrogen (secondary N) is 1. The summed E-state index contributed by atoms with van der Waals surface area (Å²) in [6, 6.07) is 0. The smallest absolute Gasteiger partial charge is 0.407 e. The quantitative estimate of drug-likeness (QED) is 0.378. The molecule has 0 bridgehead atoms. The van der Waals surface area contributed by atoms with Crippen molar-refractivity contribution in [2.75, 3.05) is 65.3 Å². The maximum atomic E-state index is 11.3. The predicted octanol–water partition coefficient (Wildman–Crippen LogP) is 1.82. The van der Waals surface area contributed by atoms with Gasteiger partial charge in [-0.2, -0.15) is 0 Å². The van der Waals surface area contributed by atoms with E-state index in [-0.39, 0.29) is 0 Å². The van der Waals surface area contributed by atoms with Gasteiger partial charge in [-0.05, 0) is 20.8 Å². The van der Waals surface area contributed by atoms with Gasteiger partial charge in [0.15, 0.2) is 0 Å². The first-order chi connectivity index (χ1) is 11.0. The molecule has 0 saturated heterocycles. The second-order valence-corrected chi connectivity index (χ2v) is 5.95. The van der Waals surface area contributed by atoms with Gasteiger partial charge in [-0.1, -0.05) is 0 Å². The topological polar surface area (TPSA) is 75.3 Å². The predicted molar refractivity (Wildman–Crippen MR) is 88.2 cm³/mol. The lowest BCUT2D eigenvalue weighted by molar-refractivity contribution is -0.000319. The van der Waals surface area contributed by atoms with Crippen LogP contribution in [0.5, 0.6) is 0 Å². The molecule has 0 fully saturated rings. The Morgan fingerprint density at radius 1 is 0.826 bits per heavy atom. The molecule has 7 nitrogen and oxygen atoms in total. The largest absolute Gasteiger partial charge is 0.444 e. The van der Waals surface area contributed by atoms with Gasteiger partial charge in [-0.25, -0.2) is 4.79 Å². The molecule has 0 aromatic rings. The Bertz CT molecular complexity index is 286. The van der Waals surface area contributed by atoms with Crippen molar-refractivity contribution in [1.29, 1.82) is 0 Å². The van der Waals surface area contributed by atoms with E-state index in [9.17, 15) is 4.79 Å². The molecule has 0 atom stereocenters. The zero-order chi connectivity index (χ0) is 17.4. The Morgan fingerprint density at radius 3 is 1.70 bits per heavy atom. The number of amides is 1. The van der Waals surface area contributed by atoms with Crippen molar-refractivity contribution in [3.8, 4) is 0 Å². The SMILES string of the molecule is CC(C)(C)OC(=O)NCCOCCOCCOCCOCCCl. The van der Waals surface area contributed by atoms with Crippen LogP contribution in [0.2, 0.25) is 0 Å². The zero-order valence-electron chi connectivity index (χ0n) is 14.4. The maximum Gasteiger partial charge on any atom is 0.407 e. The van der Waals surface area contributed by atoms with E-state index in [4.69, 9.17) is 35.3 Å². The van der Waals surface area contributed by atoms with Crippen LogP contribution in [-0.4, -0.2) is 77.0 Å². The van der Waals surface area contributed by atoms with Gasteiger partial charge in [0.05, 0.1) is 52.9 Å². The van der Waals surface area contributed by atoms with E-state index in [1.807, 2.05) is 20.8 Å². The minimum atomic E-state index is -0.489. The molecule has 1 amide bonds. The molecule has 0 aromatic carbocycles. The molecule has 0 aliphatic carbocycles. The molecule has 0 unspecified atom stereocenters. The third-order valence-electron chi connectivity index (χ3n) is 2.25. The first-order valence-electron chi connectivity index (χ1n) is 7.79. The fraction of sp³-hybridized carbons (Fsp3) is 0.933. The second-order valence-electron chi connectivity index (χ2n) is 5.57. The summed E-state index contributed by atoms with van der Waals surface area (Å²) in [7, 11) is 0. The molecule has 8 heteroatoms. The number of hydrogen-bond acceptors (Lipinski definition) is 6. The van der Waals surface area contributed by atoms with Gasteiger partial charge < -0.3 is 29.0 Å². The van der Waals surface area contributed by atoms with Crippen LogP contribution in [0.15, 0.2) is 0 Å². The van der Waals surface area contributed by atoms with Gasteiger partial charge in [-0.3, -0.25) is 0 Å². The summed E-state index contributed by atoms with van der Waals surface area (Å²) < 4.78 is 26.2. The highest BCUT2D eigenvalue weighted by Crippen LogP contribution is 2.05. The van der Waals surface area contributed by atoms with Crippen LogP contribution in [0.4, 0.5) is 4.79 Å². The van der Waals surface area contributed by atoms with Crippen LogP contribution in [0.3, 0.4) is 0 Å². The summed E-state index contributed by atoms with van der Waals surface area (Å²) in [6.07, 6.45) is -0.440. The van der Waals surface area contributed by atoms with Crippen molar-refractivity contribution in [3.05, 3.63) is 0 Å². The van der Waals surface area contributed by atoms with Crippen molar-refractivity contribution >= 4 is 17.7 Å². The van der Waals surface area contributed by atoms with Gasteiger partial charge in [0, 0.05) is 12.4 Å². The molecular weight excluding hydrogens is 326 g/mol. The normalized spacial score (nSPS) is 11.5. The molecule has 1 N–H and O–H groups in total. The van der Waals surface area contributed by atoms with E-state index in [0.717, 1.165) is 0 Å². The number of carbonyl (C=O) groups excluding carboxylic acids is 1. The molecule has 23 heavy (non-hydrogen) atoms. The van der Waals surface area contributed by atoms with Gasteiger partial charge >= 0.3 is 6.09 Å². The van der Waals surface area contributed by atoms with E-state index >= 15 is 0 Å². The van der Waals surface area contributed by atoms with Crippen molar-refractivity contribution in [3.63, 3.8) is 0 Å². The van der Waals surface area contributed by atoms with Gasteiger partial charge in [-0.15, -0.1) is 11.6 Å². The lowest BCUT2D eigenvalue weighted by atomic mass is 10.2. The van der Waals surface area contributed by atoms with Gasteiger partial charge in [0.1, 0.15) is 5.60 Å². The average molecular weight is 356 g/mol. The van der Waals surface area contributed by atoms with Crippen LogP contribution in [-0.2, 0) is 23.7 Å². The monoisotopic (exact) mass is 355 g/mol. The Kier molecular flexibility index (Phi) is 14.6. The number of rotatable bonds is 14. The molecule has 0 heterocycles.